The highest BCUT2D eigenvalue weighted by Crippen LogP contribution is 2.44. The number of nitrogens with zero attached hydrogens (tertiary/aromatic N) is 2. The molecule has 0 saturated carbocycles. The van der Waals surface area contributed by atoms with Gasteiger partial charge in [-0.2, -0.15) is 0 Å². The summed E-state index contributed by atoms with van der Waals surface area (Å²) in [5.74, 6) is 1.40. The average molecular weight is 304 g/mol. The molecule has 23 heavy (non-hydrogen) atoms. The van der Waals surface area contributed by atoms with E-state index in [1.807, 2.05) is 6.08 Å². The zero-order chi connectivity index (χ0) is 16.4. The van der Waals surface area contributed by atoms with Gasteiger partial charge < -0.3 is 4.90 Å². The maximum atomic E-state index is 4.64. The zero-order valence-electron chi connectivity index (χ0n) is 14.0. The van der Waals surface area contributed by atoms with Gasteiger partial charge in [0.2, 0.25) is 0 Å². The van der Waals surface area contributed by atoms with Gasteiger partial charge in [-0.15, -0.1) is 6.58 Å². The molecule has 3 rings (SSSR count). The Morgan fingerprint density at radius 1 is 1.30 bits per heavy atom. The zero-order valence-corrected chi connectivity index (χ0v) is 14.0. The molecule has 0 radical (unpaired) electrons. The van der Waals surface area contributed by atoms with Gasteiger partial charge in [-0.25, -0.2) is 4.99 Å². The third-order valence-electron chi connectivity index (χ3n) is 4.61. The van der Waals surface area contributed by atoms with Crippen molar-refractivity contribution in [2.45, 2.75) is 26.2 Å². The van der Waals surface area contributed by atoms with Crippen molar-refractivity contribution in [1.82, 2.24) is 0 Å². The first-order chi connectivity index (χ1) is 11.1. The molecule has 2 aliphatic rings. The monoisotopic (exact) mass is 304 g/mol. The van der Waals surface area contributed by atoms with Crippen LogP contribution in [0.2, 0.25) is 0 Å². The minimum atomic E-state index is -0.00699. The maximum absolute atomic E-state index is 4.64. The first-order valence-corrected chi connectivity index (χ1v) is 8.13. The predicted octanol–water partition coefficient (Wildman–Crippen LogP) is 5.23. The highest BCUT2D eigenvalue weighted by molar-refractivity contribution is 6.14. The summed E-state index contributed by atoms with van der Waals surface area (Å²) >= 11 is 0. The van der Waals surface area contributed by atoms with E-state index >= 15 is 0 Å². The largest absolute Gasteiger partial charge is 0.325 e. The Bertz CT molecular complexity index is 719. The number of aliphatic imine (C=N–C) groups is 1. The molecule has 1 aromatic carbocycles. The van der Waals surface area contributed by atoms with E-state index in [0.717, 1.165) is 18.8 Å². The fourth-order valence-corrected chi connectivity index (χ4v) is 3.32. The Labute approximate surface area is 139 Å². The molecule has 0 fully saturated rings. The Kier molecular flexibility index (Phi) is 4.08. The summed E-state index contributed by atoms with van der Waals surface area (Å²) in [6, 6.07) is 8.67. The lowest BCUT2D eigenvalue weighted by atomic mass is 9.79. The summed E-state index contributed by atoms with van der Waals surface area (Å²) in [5.41, 5.74) is 3.91. The van der Waals surface area contributed by atoms with Crippen LogP contribution >= 0.6 is 0 Å². The Hall–Kier alpha value is -2.35. The van der Waals surface area contributed by atoms with Crippen molar-refractivity contribution in [2.24, 2.45) is 10.4 Å². The van der Waals surface area contributed by atoms with Crippen LogP contribution < -0.4 is 4.90 Å². The summed E-state index contributed by atoms with van der Waals surface area (Å²) in [7, 11) is 0. The molecular formula is C21H24N2. The number of benzene rings is 1. The van der Waals surface area contributed by atoms with E-state index in [1.165, 1.54) is 16.8 Å². The first-order valence-electron chi connectivity index (χ1n) is 8.13. The lowest BCUT2D eigenvalue weighted by molar-refractivity contribution is 0.492. The van der Waals surface area contributed by atoms with Gasteiger partial charge in [0, 0.05) is 35.3 Å². The van der Waals surface area contributed by atoms with Gasteiger partial charge in [-0.1, -0.05) is 62.9 Å². The molecule has 1 unspecified atom stereocenters. The molecule has 0 spiro atoms. The Morgan fingerprint density at radius 2 is 2.09 bits per heavy atom. The molecular weight excluding hydrogens is 280 g/mol. The highest BCUT2D eigenvalue weighted by Gasteiger charge is 2.35. The number of fused-ring (bicyclic) bond motifs is 3. The molecule has 0 bridgehead atoms. The van der Waals surface area contributed by atoms with Crippen LogP contribution in [-0.4, -0.2) is 12.4 Å². The molecule has 0 saturated heterocycles. The maximum Gasteiger partial charge on any atom is 0.136 e. The van der Waals surface area contributed by atoms with Crippen LogP contribution in [0.15, 0.2) is 78.5 Å². The second kappa shape index (κ2) is 6.04. The number of para-hydroxylation sites is 1. The summed E-state index contributed by atoms with van der Waals surface area (Å²) < 4.78 is 0. The summed E-state index contributed by atoms with van der Waals surface area (Å²) in [5, 5.41) is 0. The highest BCUT2D eigenvalue weighted by atomic mass is 15.2. The fourth-order valence-electron chi connectivity index (χ4n) is 3.32. The van der Waals surface area contributed by atoms with E-state index in [9.17, 15) is 0 Å². The Balaban J connectivity index is 2.18. The van der Waals surface area contributed by atoms with Gasteiger partial charge in [0.05, 0.1) is 0 Å². The van der Waals surface area contributed by atoms with Crippen molar-refractivity contribution in [3.63, 3.8) is 0 Å². The molecule has 2 heteroatoms. The second-order valence-corrected chi connectivity index (χ2v) is 6.81. The molecule has 118 valence electrons. The number of hydrogen-bond acceptors (Lipinski definition) is 1. The van der Waals surface area contributed by atoms with Crippen molar-refractivity contribution >= 4 is 11.5 Å². The van der Waals surface area contributed by atoms with E-state index in [4.69, 9.17) is 0 Å². The van der Waals surface area contributed by atoms with Crippen molar-refractivity contribution < 1.29 is 0 Å². The van der Waals surface area contributed by atoms with E-state index in [1.54, 1.807) is 6.20 Å². The number of hydrogen-bond donors (Lipinski definition) is 0. The minimum Gasteiger partial charge on any atom is -0.325 e. The van der Waals surface area contributed by atoms with Gasteiger partial charge in [-0.05, 0) is 18.1 Å². The normalized spacial score (nSPS) is 21.5. The quantitative estimate of drug-likeness (QED) is 0.695. The van der Waals surface area contributed by atoms with Crippen LogP contribution in [0.4, 0.5) is 5.69 Å². The lowest BCUT2D eigenvalue weighted by Gasteiger charge is -2.42. The molecule has 1 atom stereocenters. The van der Waals surface area contributed by atoms with Crippen LogP contribution in [0.25, 0.3) is 0 Å². The van der Waals surface area contributed by atoms with E-state index in [-0.39, 0.29) is 5.41 Å². The van der Waals surface area contributed by atoms with Gasteiger partial charge in [0.25, 0.3) is 0 Å². The van der Waals surface area contributed by atoms with Crippen molar-refractivity contribution in [2.75, 3.05) is 11.4 Å². The topological polar surface area (TPSA) is 15.6 Å². The minimum absolute atomic E-state index is 0.00699. The number of allylic oxidation sites excluding steroid dienone is 3. The van der Waals surface area contributed by atoms with E-state index < -0.39 is 0 Å². The molecule has 1 aliphatic carbocycles. The smallest absolute Gasteiger partial charge is 0.136 e. The van der Waals surface area contributed by atoms with Crippen molar-refractivity contribution in [3.05, 3.63) is 79.1 Å². The molecule has 2 nitrogen and oxygen atoms in total. The lowest BCUT2D eigenvalue weighted by Crippen LogP contribution is -2.43. The number of rotatable bonds is 4. The van der Waals surface area contributed by atoms with Gasteiger partial charge >= 0.3 is 0 Å². The van der Waals surface area contributed by atoms with Crippen LogP contribution in [0.1, 0.15) is 31.7 Å². The number of anilines is 1. The van der Waals surface area contributed by atoms with Crippen LogP contribution in [-0.2, 0) is 0 Å². The molecule has 0 amide bonds. The Morgan fingerprint density at radius 3 is 2.83 bits per heavy atom. The van der Waals surface area contributed by atoms with Gasteiger partial charge in [-0.3, -0.25) is 0 Å². The SMILES string of the molecule is C=C/N=C1/C2=CC=CCC2c2ccccc2N1CC(C)(C)C=C. The van der Waals surface area contributed by atoms with Crippen molar-refractivity contribution in [1.29, 1.82) is 0 Å². The van der Waals surface area contributed by atoms with Crippen LogP contribution in [0.5, 0.6) is 0 Å². The fraction of sp³-hybridized carbons (Fsp3) is 0.286. The standard InChI is InChI=1S/C21H24N2/c1-5-21(3,4)15-23-19-14-10-9-12-17(19)16-11-7-8-13-18(16)20(23)22-6-2/h5-10,12-14,16H,1-2,11,15H2,3-4H3/b22-20-. The average Bonchev–Trinajstić information content (AvgIpc) is 2.58. The summed E-state index contributed by atoms with van der Waals surface area (Å²) in [6.07, 6.45) is 11.3. The molecule has 1 heterocycles. The van der Waals surface area contributed by atoms with Crippen molar-refractivity contribution in [3.8, 4) is 0 Å². The third-order valence-corrected chi connectivity index (χ3v) is 4.61. The third kappa shape index (κ3) is 2.81. The molecule has 0 N–H and O–H groups in total. The summed E-state index contributed by atoms with van der Waals surface area (Å²) in [4.78, 5) is 6.96. The first kappa shape index (κ1) is 15.5. The molecule has 0 aromatic heterocycles. The molecule has 1 aromatic rings. The van der Waals surface area contributed by atoms with E-state index in [2.05, 4.69) is 79.4 Å². The number of amidine groups is 1. The van der Waals surface area contributed by atoms with E-state index in [0.29, 0.717) is 5.92 Å². The van der Waals surface area contributed by atoms with Gasteiger partial charge in [0.15, 0.2) is 0 Å². The van der Waals surface area contributed by atoms with Gasteiger partial charge in [0.1, 0.15) is 5.84 Å². The predicted molar refractivity (Wildman–Crippen MR) is 100.0 cm³/mol. The summed E-state index contributed by atoms with van der Waals surface area (Å²) in [6.45, 7) is 13.1. The van der Waals surface area contributed by atoms with Crippen LogP contribution in [0, 0.1) is 5.41 Å². The second-order valence-electron chi connectivity index (χ2n) is 6.81. The van der Waals surface area contributed by atoms with Crippen LogP contribution in [0.3, 0.4) is 0 Å². The molecule has 1 aliphatic heterocycles.